The lowest BCUT2D eigenvalue weighted by Gasteiger charge is -2.19. The van der Waals surface area contributed by atoms with Crippen LogP contribution in [0.2, 0.25) is 0 Å². The van der Waals surface area contributed by atoms with Crippen LogP contribution in [0.3, 0.4) is 0 Å². The molecular formula is C9H22N2. The minimum Gasteiger partial charge on any atom is -0.327 e. The molecule has 11 heavy (non-hydrogen) atoms. The largest absolute Gasteiger partial charge is 0.327 e. The lowest BCUT2D eigenvalue weighted by Crippen LogP contribution is -2.33. The van der Waals surface area contributed by atoms with Crippen molar-refractivity contribution in [2.24, 2.45) is 11.7 Å². The molecule has 0 saturated heterocycles. The van der Waals surface area contributed by atoms with E-state index in [1.807, 2.05) is 6.92 Å². The SMILES string of the molecule is CC(C)CCN(C)C[C@H](C)N. The highest BCUT2D eigenvalue weighted by Crippen LogP contribution is 2.00. The van der Waals surface area contributed by atoms with Crippen molar-refractivity contribution in [2.75, 3.05) is 20.1 Å². The minimum atomic E-state index is 0.298. The number of hydrogen-bond acceptors (Lipinski definition) is 2. The Hall–Kier alpha value is -0.0800. The van der Waals surface area contributed by atoms with Gasteiger partial charge in [-0.05, 0) is 32.9 Å². The van der Waals surface area contributed by atoms with Gasteiger partial charge < -0.3 is 10.6 Å². The normalized spacial score (nSPS) is 14.5. The molecular weight excluding hydrogens is 136 g/mol. The number of nitrogens with two attached hydrogens (primary N) is 1. The highest BCUT2D eigenvalue weighted by molar-refractivity contribution is 4.60. The van der Waals surface area contributed by atoms with Gasteiger partial charge in [0.2, 0.25) is 0 Å². The second-order valence-electron chi connectivity index (χ2n) is 3.92. The summed E-state index contributed by atoms with van der Waals surface area (Å²) in [7, 11) is 2.13. The summed E-state index contributed by atoms with van der Waals surface area (Å²) in [6.45, 7) is 8.72. The van der Waals surface area contributed by atoms with Crippen molar-refractivity contribution < 1.29 is 0 Å². The van der Waals surface area contributed by atoms with Gasteiger partial charge in [0.25, 0.3) is 0 Å². The molecule has 0 bridgehead atoms. The van der Waals surface area contributed by atoms with Gasteiger partial charge in [-0.3, -0.25) is 0 Å². The molecule has 0 amide bonds. The maximum atomic E-state index is 5.66. The molecule has 0 rings (SSSR count). The molecule has 0 aromatic heterocycles. The third kappa shape index (κ3) is 7.82. The fourth-order valence-corrected chi connectivity index (χ4v) is 1.06. The van der Waals surface area contributed by atoms with Gasteiger partial charge in [-0.1, -0.05) is 13.8 Å². The molecule has 0 aliphatic rings. The maximum Gasteiger partial charge on any atom is 0.0139 e. The molecule has 0 heterocycles. The first-order valence-corrected chi connectivity index (χ1v) is 4.46. The molecule has 1 atom stereocenters. The molecule has 0 aromatic carbocycles. The van der Waals surface area contributed by atoms with E-state index in [4.69, 9.17) is 5.73 Å². The van der Waals surface area contributed by atoms with Crippen LogP contribution in [0, 0.1) is 5.92 Å². The quantitative estimate of drug-likeness (QED) is 0.653. The zero-order chi connectivity index (χ0) is 8.85. The van der Waals surface area contributed by atoms with Crippen LogP contribution in [-0.4, -0.2) is 31.1 Å². The average molecular weight is 158 g/mol. The average Bonchev–Trinajstić information content (AvgIpc) is 1.82. The Morgan fingerprint density at radius 1 is 1.27 bits per heavy atom. The Bertz CT molecular complexity index is 89.6. The van der Waals surface area contributed by atoms with Gasteiger partial charge in [-0.25, -0.2) is 0 Å². The predicted molar refractivity (Wildman–Crippen MR) is 50.6 cm³/mol. The van der Waals surface area contributed by atoms with E-state index in [0.717, 1.165) is 12.5 Å². The first-order chi connectivity index (χ1) is 5.02. The number of rotatable bonds is 5. The van der Waals surface area contributed by atoms with Gasteiger partial charge in [0, 0.05) is 12.6 Å². The summed E-state index contributed by atoms with van der Waals surface area (Å²) in [4.78, 5) is 2.30. The topological polar surface area (TPSA) is 29.3 Å². The van der Waals surface area contributed by atoms with Crippen molar-refractivity contribution in [1.82, 2.24) is 4.90 Å². The third-order valence-electron chi connectivity index (χ3n) is 1.69. The maximum absolute atomic E-state index is 5.66. The fraction of sp³-hybridized carbons (Fsp3) is 1.00. The van der Waals surface area contributed by atoms with Crippen molar-refractivity contribution in [3.63, 3.8) is 0 Å². The predicted octanol–water partition coefficient (Wildman–Crippen LogP) is 1.31. The van der Waals surface area contributed by atoms with Crippen LogP contribution in [0.25, 0.3) is 0 Å². The smallest absolute Gasteiger partial charge is 0.0139 e. The van der Waals surface area contributed by atoms with Gasteiger partial charge in [-0.15, -0.1) is 0 Å². The van der Waals surface area contributed by atoms with Crippen LogP contribution in [0.1, 0.15) is 27.2 Å². The van der Waals surface area contributed by atoms with E-state index in [-0.39, 0.29) is 0 Å². The van der Waals surface area contributed by atoms with Gasteiger partial charge in [-0.2, -0.15) is 0 Å². The molecule has 0 fully saturated rings. The van der Waals surface area contributed by atoms with E-state index in [1.165, 1.54) is 13.0 Å². The molecule has 2 nitrogen and oxygen atoms in total. The summed E-state index contributed by atoms with van der Waals surface area (Å²) in [6.07, 6.45) is 1.27. The van der Waals surface area contributed by atoms with E-state index in [9.17, 15) is 0 Å². The minimum absolute atomic E-state index is 0.298. The number of nitrogens with zero attached hydrogens (tertiary/aromatic N) is 1. The molecule has 0 unspecified atom stereocenters. The van der Waals surface area contributed by atoms with Gasteiger partial charge in [0.05, 0.1) is 0 Å². The van der Waals surface area contributed by atoms with E-state index in [1.54, 1.807) is 0 Å². The van der Waals surface area contributed by atoms with Crippen LogP contribution in [0.15, 0.2) is 0 Å². The van der Waals surface area contributed by atoms with Crippen molar-refractivity contribution in [1.29, 1.82) is 0 Å². The molecule has 68 valence electrons. The van der Waals surface area contributed by atoms with E-state index in [2.05, 4.69) is 25.8 Å². The highest BCUT2D eigenvalue weighted by Gasteiger charge is 2.02. The summed E-state index contributed by atoms with van der Waals surface area (Å²) in [5, 5.41) is 0. The van der Waals surface area contributed by atoms with Crippen molar-refractivity contribution >= 4 is 0 Å². The summed E-state index contributed by atoms with van der Waals surface area (Å²) < 4.78 is 0. The van der Waals surface area contributed by atoms with Crippen molar-refractivity contribution in [2.45, 2.75) is 33.2 Å². The molecule has 0 aliphatic carbocycles. The van der Waals surface area contributed by atoms with Crippen LogP contribution in [-0.2, 0) is 0 Å². The molecule has 0 aromatic rings. The van der Waals surface area contributed by atoms with E-state index < -0.39 is 0 Å². The monoisotopic (exact) mass is 158 g/mol. The molecule has 2 N–H and O–H groups in total. The van der Waals surface area contributed by atoms with Crippen molar-refractivity contribution in [3.05, 3.63) is 0 Å². The standard InChI is InChI=1S/C9H22N2/c1-8(2)5-6-11(4)7-9(3)10/h8-9H,5-7,10H2,1-4H3/t9-/m0/s1. The van der Waals surface area contributed by atoms with Gasteiger partial charge in [0.15, 0.2) is 0 Å². The third-order valence-corrected chi connectivity index (χ3v) is 1.69. The van der Waals surface area contributed by atoms with Crippen LogP contribution >= 0.6 is 0 Å². The molecule has 0 radical (unpaired) electrons. The van der Waals surface area contributed by atoms with Crippen LogP contribution in [0.4, 0.5) is 0 Å². The molecule has 0 aliphatic heterocycles. The Morgan fingerprint density at radius 2 is 1.82 bits per heavy atom. The van der Waals surface area contributed by atoms with Crippen LogP contribution < -0.4 is 5.73 Å². The number of likely N-dealkylation sites (N-methyl/N-ethyl adjacent to an activating group) is 1. The summed E-state index contributed by atoms with van der Waals surface area (Å²) in [5.41, 5.74) is 5.66. The second kappa shape index (κ2) is 5.56. The Morgan fingerprint density at radius 3 is 2.18 bits per heavy atom. The fourth-order valence-electron chi connectivity index (χ4n) is 1.06. The first kappa shape index (κ1) is 10.9. The highest BCUT2D eigenvalue weighted by atomic mass is 15.1. The van der Waals surface area contributed by atoms with E-state index >= 15 is 0 Å². The van der Waals surface area contributed by atoms with Gasteiger partial charge >= 0.3 is 0 Å². The van der Waals surface area contributed by atoms with Gasteiger partial charge in [0.1, 0.15) is 0 Å². The summed E-state index contributed by atoms with van der Waals surface area (Å²) >= 11 is 0. The summed E-state index contributed by atoms with van der Waals surface area (Å²) in [5.74, 6) is 0.797. The first-order valence-electron chi connectivity index (χ1n) is 4.46. The Balaban J connectivity index is 3.29. The molecule has 0 saturated carbocycles. The Labute approximate surface area is 70.8 Å². The molecule has 0 spiro atoms. The lowest BCUT2D eigenvalue weighted by molar-refractivity contribution is 0.297. The zero-order valence-corrected chi connectivity index (χ0v) is 8.30. The summed E-state index contributed by atoms with van der Waals surface area (Å²) in [6, 6.07) is 0.298. The number of hydrogen-bond donors (Lipinski definition) is 1. The zero-order valence-electron chi connectivity index (χ0n) is 8.30. The van der Waals surface area contributed by atoms with E-state index in [0.29, 0.717) is 6.04 Å². The van der Waals surface area contributed by atoms with Crippen molar-refractivity contribution in [3.8, 4) is 0 Å². The second-order valence-corrected chi connectivity index (χ2v) is 3.92. The Kier molecular flexibility index (Phi) is 5.51. The lowest BCUT2D eigenvalue weighted by atomic mass is 10.1. The van der Waals surface area contributed by atoms with Crippen LogP contribution in [0.5, 0.6) is 0 Å². The molecule has 2 heteroatoms.